The average molecular weight is 474 g/mol. The molecule has 0 radical (unpaired) electrons. The first-order chi connectivity index (χ1) is 16.3. The van der Waals surface area contributed by atoms with Crippen LogP contribution in [0.1, 0.15) is 97.6 Å². The standard InChI is InChI=1S/C18H27NO.C10H19NO.CH5N/c1-4-8-14(2)11-16-12-18(20)19(13-16)15(3)17-9-6-5-7-10-17;1-3-4-8(2)5-9-6-10(12)11-7-9;1-2/h5-7,9-10,14-16H,4,8,11-13H2,1-3H3;8-9H,3-7H2,1-2H3,(H,11,12);2H2,1H3. The van der Waals surface area contributed by atoms with Gasteiger partial charge in [0.15, 0.2) is 0 Å². The molecule has 5 atom stereocenters. The van der Waals surface area contributed by atoms with E-state index >= 15 is 0 Å². The van der Waals surface area contributed by atoms with Crippen LogP contribution in [0.3, 0.4) is 0 Å². The molecule has 34 heavy (non-hydrogen) atoms. The lowest BCUT2D eigenvalue weighted by molar-refractivity contribution is -0.129. The van der Waals surface area contributed by atoms with Crippen molar-refractivity contribution in [3.63, 3.8) is 0 Å². The van der Waals surface area contributed by atoms with Crippen LogP contribution < -0.4 is 11.1 Å². The van der Waals surface area contributed by atoms with E-state index in [2.05, 4.69) is 62.7 Å². The molecule has 1 aromatic carbocycles. The summed E-state index contributed by atoms with van der Waals surface area (Å²) in [6.45, 7) is 13.0. The number of hydrogen-bond donors (Lipinski definition) is 2. The minimum Gasteiger partial charge on any atom is -0.356 e. The molecule has 5 nitrogen and oxygen atoms in total. The zero-order valence-electron chi connectivity index (χ0n) is 22.7. The van der Waals surface area contributed by atoms with Crippen LogP contribution in [0.5, 0.6) is 0 Å². The molecule has 2 amide bonds. The SMILES string of the molecule is CCCC(C)CC1CC(=O)N(C(C)c2ccccc2)C1.CCCC(C)CC1CNC(=O)C1.CN. The van der Waals surface area contributed by atoms with Crippen molar-refractivity contribution in [2.75, 3.05) is 20.1 Å². The second-order valence-electron chi connectivity index (χ2n) is 10.3. The number of nitrogens with zero attached hydrogens (tertiary/aromatic N) is 1. The van der Waals surface area contributed by atoms with Crippen molar-refractivity contribution in [1.82, 2.24) is 10.2 Å². The number of rotatable bonds is 10. The first kappa shape index (κ1) is 30.2. The highest BCUT2D eigenvalue weighted by atomic mass is 16.2. The average Bonchev–Trinajstić information content (AvgIpc) is 3.40. The van der Waals surface area contributed by atoms with E-state index in [4.69, 9.17) is 0 Å². The van der Waals surface area contributed by atoms with E-state index in [-0.39, 0.29) is 11.9 Å². The van der Waals surface area contributed by atoms with Gasteiger partial charge in [-0.3, -0.25) is 9.59 Å². The highest BCUT2D eigenvalue weighted by Gasteiger charge is 2.33. The Morgan fingerprint density at radius 1 is 0.912 bits per heavy atom. The lowest BCUT2D eigenvalue weighted by Gasteiger charge is -2.25. The van der Waals surface area contributed by atoms with Gasteiger partial charge in [0.2, 0.25) is 11.8 Å². The van der Waals surface area contributed by atoms with Crippen LogP contribution in [0.25, 0.3) is 0 Å². The molecule has 2 fully saturated rings. The molecule has 3 rings (SSSR count). The molecule has 2 heterocycles. The van der Waals surface area contributed by atoms with Crippen molar-refractivity contribution in [3.05, 3.63) is 35.9 Å². The van der Waals surface area contributed by atoms with Crippen LogP contribution in [0, 0.1) is 23.7 Å². The molecule has 2 aliphatic rings. The predicted molar refractivity (Wildman–Crippen MR) is 143 cm³/mol. The number of carbonyl (C=O) groups excluding carboxylic acids is 2. The number of amides is 2. The molecule has 194 valence electrons. The summed E-state index contributed by atoms with van der Waals surface area (Å²) in [5.41, 5.74) is 5.74. The summed E-state index contributed by atoms with van der Waals surface area (Å²) in [4.78, 5) is 25.2. The Hall–Kier alpha value is -1.88. The summed E-state index contributed by atoms with van der Waals surface area (Å²) < 4.78 is 0. The van der Waals surface area contributed by atoms with E-state index in [0.29, 0.717) is 17.7 Å². The van der Waals surface area contributed by atoms with E-state index < -0.39 is 0 Å². The second-order valence-corrected chi connectivity index (χ2v) is 10.3. The van der Waals surface area contributed by atoms with Crippen molar-refractivity contribution in [3.8, 4) is 0 Å². The zero-order valence-corrected chi connectivity index (χ0v) is 22.7. The fourth-order valence-electron chi connectivity index (χ4n) is 5.44. The quantitative estimate of drug-likeness (QED) is 0.441. The van der Waals surface area contributed by atoms with Gasteiger partial charge in [-0.1, -0.05) is 83.7 Å². The molecule has 2 aliphatic heterocycles. The Balaban J connectivity index is 0.000000353. The maximum Gasteiger partial charge on any atom is 0.223 e. The Morgan fingerprint density at radius 3 is 1.97 bits per heavy atom. The first-order valence-corrected chi connectivity index (χ1v) is 13.5. The van der Waals surface area contributed by atoms with Gasteiger partial charge in [0.1, 0.15) is 0 Å². The van der Waals surface area contributed by atoms with E-state index in [9.17, 15) is 9.59 Å². The molecule has 0 bridgehead atoms. The predicted octanol–water partition coefficient (Wildman–Crippen LogP) is 5.95. The molecular weight excluding hydrogens is 422 g/mol. The molecule has 5 unspecified atom stereocenters. The normalized spacial score (nSPS) is 22.1. The molecule has 1 aromatic rings. The van der Waals surface area contributed by atoms with Gasteiger partial charge in [-0.15, -0.1) is 0 Å². The topological polar surface area (TPSA) is 75.4 Å². The summed E-state index contributed by atoms with van der Waals surface area (Å²) in [7, 11) is 1.50. The van der Waals surface area contributed by atoms with Gasteiger partial charge >= 0.3 is 0 Å². The smallest absolute Gasteiger partial charge is 0.223 e. The first-order valence-electron chi connectivity index (χ1n) is 13.5. The number of likely N-dealkylation sites (tertiary alicyclic amines) is 1. The second kappa shape index (κ2) is 16.7. The lowest BCUT2D eigenvalue weighted by Crippen LogP contribution is -2.28. The van der Waals surface area contributed by atoms with E-state index in [1.165, 1.54) is 51.1 Å². The Morgan fingerprint density at radius 2 is 1.47 bits per heavy atom. The number of benzene rings is 1. The minimum absolute atomic E-state index is 0.204. The summed E-state index contributed by atoms with van der Waals surface area (Å²) in [5.74, 6) is 3.26. The summed E-state index contributed by atoms with van der Waals surface area (Å²) in [5, 5.41) is 2.88. The Bertz CT molecular complexity index is 694. The third kappa shape index (κ3) is 10.6. The van der Waals surface area contributed by atoms with Crippen LogP contribution in [0.15, 0.2) is 30.3 Å². The van der Waals surface area contributed by atoms with Gasteiger partial charge in [0.05, 0.1) is 6.04 Å². The summed E-state index contributed by atoms with van der Waals surface area (Å²) in [6, 6.07) is 10.6. The summed E-state index contributed by atoms with van der Waals surface area (Å²) >= 11 is 0. The van der Waals surface area contributed by atoms with Gasteiger partial charge in [-0.05, 0) is 56.0 Å². The van der Waals surface area contributed by atoms with Crippen LogP contribution in [0.2, 0.25) is 0 Å². The maximum atomic E-state index is 12.3. The molecule has 0 spiro atoms. The minimum atomic E-state index is 0.204. The number of nitrogens with two attached hydrogens (primary N) is 1. The maximum absolute atomic E-state index is 12.3. The van der Waals surface area contributed by atoms with Crippen LogP contribution in [-0.4, -0.2) is 36.9 Å². The number of hydrogen-bond acceptors (Lipinski definition) is 3. The molecule has 0 aliphatic carbocycles. The molecule has 3 N–H and O–H groups in total. The van der Waals surface area contributed by atoms with Crippen LogP contribution >= 0.6 is 0 Å². The van der Waals surface area contributed by atoms with Gasteiger partial charge in [-0.25, -0.2) is 0 Å². The van der Waals surface area contributed by atoms with Gasteiger partial charge in [0.25, 0.3) is 0 Å². The van der Waals surface area contributed by atoms with E-state index in [1.54, 1.807) is 0 Å². The van der Waals surface area contributed by atoms with Crippen molar-refractivity contribution in [1.29, 1.82) is 0 Å². The molecule has 2 saturated heterocycles. The van der Waals surface area contributed by atoms with Crippen molar-refractivity contribution in [2.24, 2.45) is 29.4 Å². The van der Waals surface area contributed by atoms with Crippen molar-refractivity contribution in [2.45, 2.75) is 92.0 Å². The Kier molecular flexibility index (Phi) is 14.8. The fraction of sp³-hybridized carbons (Fsp3) is 0.724. The van der Waals surface area contributed by atoms with Gasteiger partial charge < -0.3 is 16.0 Å². The highest BCUT2D eigenvalue weighted by molar-refractivity contribution is 5.79. The van der Waals surface area contributed by atoms with Crippen LogP contribution in [0.4, 0.5) is 0 Å². The number of carbonyl (C=O) groups is 2. The lowest BCUT2D eigenvalue weighted by atomic mass is 9.92. The largest absolute Gasteiger partial charge is 0.356 e. The number of nitrogens with one attached hydrogen (secondary N) is 1. The van der Waals surface area contributed by atoms with Crippen molar-refractivity contribution < 1.29 is 9.59 Å². The summed E-state index contributed by atoms with van der Waals surface area (Å²) in [6.07, 6.45) is 8.98. The fourth-order valence-corrected chi connectivity index (χ4v) is 5.44. The zero-order chi connectivity index (χ0) is 25.5. The van der Waals surface area contributed by atoms with Gasteiger partial charge in [-0.2, -0.15) is 0 Å². The van der Waals surface area contributed by atoms with Gasteiger partial charge in [0, 0.05) is 25.9 Å². The third-order valence-electron chi connectivity index (χ3n) is 7.08. The molecule has 0 saturated carbocycles. The highest BCUT2D eigenvalue weighted by Crippen LogP contribution is 2.32. The molecule has 5 heteroatoms. The molecular formula is C29H51N3O2. The monoisotopic (exact) mass is 473 g/mol. The van der Waals surface area contributed by atoms with E-state index in [1.807, 2.05) is 18.2 Å². The van der Waals surface area contributed by atoms with Crippen molar-refractivity contribution >= 4 is 11.8 Å². The Labute approximate surface area is 209 Å². The van der Waals surface area contributed by atoms with Crippen LogP contribution in [-0.2, 0) is 9.59 Å². The molecule has 0 aromatic heterocycles. The third-order valence-corrected chi connectivity index (χ3v) is 7.08. The van der Waals surface area contributed by atoms with E-state index in [0.717, 1.165) is 37.8 Å².